The Morgan fingerprint density at radius 3 is 2.64 bits per heavy atom. The fraction of sp³-hybridized carbons (Fsp3) is 1.00. The summed E-state index contributed by atoms with van der Waals surface area (Å²) in [5.74, 6) is 0. The molecule has 1 heterocycles. The Labute approximate surface area is 79.0 Å². The van der Waals surface area contributed by atoms with E-state index in [9.17, 15) is 10.2 Å². The van der Waals surface area contributed by atoms with Gasteiger partial charge in [-0.05, 0) is 5.53 Å². The van der Waals surface area contributed by atoms with Gasteiger partial charge in [0.25, 0.3) is 0 Å². The third-order valence-electron chi connectivity index (χ3n) is 2.03. The number of aliphatic hydroxyl groups excluding tert-OH is 4. The van der Waals surface area contributed by atoms with E-state index < -0.39 is 37.3 Å². The number of ether oxygens (including phenoxy) is 1. The second-order valence-electron chi connectivity index (χ2n) is 2.93. The molecule has 1 aliphatic rings. The summed E-state index contributed by atoms with van der Waals surface area (Å²) in [6, 6.07) is -1.10. The lowest BCUT2D eigenvalue weighted by Crippen LogP contribution is -2.39. The minimum absolute atomic E-state index is 0.610. The summed E-state index contributed by atoms with van der Waals surface area (Å²) in [5.41, 5.74) is 8.17. The highest BCUT2D eigenvalue weighted by molar-refractivity contribution is 4.95. The first-order valence-electron chi connectivity index (χ1n) is 3.96. The minimum Gasteiger partial charge on any atom is -0.394 e. The van der Waals surface area contributed by atoms with Crippen molar-refractivity contribution in [2.24, 2.45) is 5.11 Å². The second-order valence-corrected chi connectivity index (χ2v) is 2.93. The second kappa shape index (κ2) is 4.56. The van der Waals surface area contributed by atoms with Crippen LogP contribution in [0.5, 0.6) is 0 Å². The van der Waals surface area contributed by atoms with Crippen LogP contribution >= 0.6 is 0 Å². The van der Waals surface area contributed by atoms with Crippen molar-refractivity contribution in [3.8, 4) is 0 Å². The number of azide groups is 1. The Hall–Kier alpha value is -0.890. The van der Waals surface area contributed by atoms with Gasteiger partial charge in [-0.3, -0.25) is 0 Å². The zero-order valence-electron chi connectivity index (χ0n) is 7.13. The number of hydrogen-bond donors (Lipinski definition) is 4. The Morgan fingerprint density at radius 1 is 1.50 bits per heavy atom. The summed E-state index contributed by atoms with van der Waals surface area (Å²) in [6.07, 6.45) is -5.31. The first-order valence-corrected chi connectivity index (χ1v) is 3.96. The minimum atomic E-state index is -1.52. The van der Waals surface area contributed by atoms with E-state index >= 15 is 0 Å². The van der Waals surface area contributed by atoms with Crippen LogP contribution in [0.1, 0.15) is 0 Å². The Balaban J connectivity index is 2.79. The van der Waals surface area contributed by atoms with Gasteiger partial charge >= 0.3 is 0 Å². The van der Waals surface area contributed by atoms with Crippen molar-refractivity contribution in [3.05, 3.63) is 10.4 Å². The fourth-order valence-electron chi connectivity index (χ4n) is 1.30. The van der Waals surface area contributed by atoms with Crippen LogP contribution in [0, 0.1) is 0 Å². The molecular weight excluding hydrogens is 194 g/mol. The Kier molecular flexibility index (Phi) is 3.64. The molecule has 0 aromatic carbocycles. The van der Waals surface area contributed by atoms with Crippen molar-refractivity contribution in [1.82, 2.24) is 0 Å². The summed E-state index contributed by atoms with van der Waals surface area (Å²) in [5, 5.41) is 39.3. The molecule has 1 rings (SSSR count). The molecule has 1 unspecified atom stereocenters. The lowest BCUT2D eigenvalue weighted by atomic mass is 10.0. The van der Waals surface area contributed by atoms with Gasteiger partial charge in [-0.1, -0.05) is 5.11 Å². The molecule has 0 radical (unpaired) electrons. The SMILES string of the molecule is [N-]=[N+]=N[C@@H]1[C@@H]([C@H](O)CO)OC(O)[C@@H]1O. The molecule has 0 saturated carbocycles. The molecule has 1 saturated heterocycles. The molecule has 0 aromatic rings. The lowest BCUT2D eigenvalue weighted by Gasteiger charge is -2.18. The molecule has 1 aliphatic heterocycles. The monoisotopic (exact) mass is 205 g/mol. The third kappa shape index (κ3) is 1.95. The van der Waals surface area contributed by atoms with Crippen LogP contribution in [0.4, 0.5) is 0 Å². The van der Waals surface area contributed by atoms with Crippen molar-refractivity contribution in [2.75, 3.05) is 6.61 Å². The molecule has 0 spiro atoms. The molecule has 0 aliphatic carbocycles. The summed E-state index contributed by atoms with van der Waals surface area (Å²) >= 11 is 0. The smallest absolute Gasteiger partial charge is 0.181 e. The van der Waals surface area contributed by atoms with E-state index in [1.807, 2.05) is 0 Å². The molecule has 8 nitrogen and oxygen atoms in total. The number of nitrogens with zero attached hydrogens (tertiary/aromatic N) is 3. The predicted molar refractivity (Wildman–Crippen MR) is 42.9 cm³/mol. The van der Waals surface area contributed by atoms with Crippen LogP contribution in [0.2, 0.25) is 0 Å². The maximum Gasteiger partial charge on any atom is 0.181 e. The van der Waals surface area contributed by atoms with E-state index in [2.05, 4.69) is 10.0 Å². The maximum absolute atomic E-state index is 9.27. The van der Waals surface area contributed by atoms with E-state index in [1.165, 1.54) is 0 Å². The van der Waals surface area contributed by atoms with E-state index in [1.54, 1.807) is 0 Å². The first kappa shape index (κ1) is 11.2. The number of aliphatic hydroxyl groups is 4. The highest BCUT2D eigenvalue weighted by Crippen LogP contribution is 2.25. The zero-order chi connectivity index (χ0) is 10.7. The molecule has 4 N–H and O–H groups in total. The molecule has 5 atom stereocenters. The molecule has 0 amide bonds. The van der Waals surface area contributed by atoms with Crippen molar-refractivity contribution in [3.63, 3.8) is 0 Å². The third-order valence-corrected chi connectivity index (χ3v) is 2.03. The summed E-state index contributed by atoms with van der Waals surface area (Å²) in [6.45, 7) is -0.610. The van der Waals surface area contributed by atoms with Gasteiger partial charge in [-0.2, -0.15) is 0 Å². The van der Waals surface area contributed by atoms with Gasteiger partial charge in [0.15, 0.2) is 6.29 Å². The van der Waals surface area contributed by atoms with Gasteiger partial charge in [0.2, 0.25) is 0 Å². The average molecular weight is 205 g/mol. The standard InChI is InChI=1S/C6H11N3O5/c7-9-8-3-4(12)6(13)14-5(3)2(11)1-10/h2-6,10-13H,1H2/t2-,3+,4-,5-,6?/m1/s1. The molecule has 1 fully saturated rings. The predicted octanol–water partition coefficient (Wildman–Crippen LogP) is -1.90. The van der Waals surface area contributed by atoms with Crippen LogP contribution in [0.15, 0.2) is 5.11 Å². The summed E-state index contributed by atoms with van der Waals surface area (Å²) in [4.78, 5) is 2.45. The molecule has 80 valence electrons. The van der Waals surface area contributed by atoms with Crippen molar-refractivity contribution < 1.29 is 25.2 Å². The normalized spacial score (nSPS) is 39.1. The molecular formula is C6H11N3O5. The molecule has 8 heteroatoms. The Bertz CT molecular complexity index is 244. The summed E-state index contributed by atoms with van der Waals surface area (Å²) in [7, 11) is 0. The number of hydrogen-bond acceptors (Lipinski definition) is 6. The Morgan fingerprint density at radius 2 is 2.14 bits per heavy atom. The summed E-state index contributed by atoms with van der Waals surface area (Å²) < 4.78 is 4.72. The van der Waals surface area contributed by atoms with E-state index in [4.69, 9.17) is 20.5 Å². The van der Waals surface area contributed by atoms with E-state index in [-0.39, 0.29) is 0 Å². The van der Waals surface area contributed by atoms with Gasteiger partial charge in [0.1, 0.15) is 18.3 Å². The van der Waals surface area contributed by atoms with Crippen LogP contribution in [-0.2, 0) is 4.74 Å². The maximum atomic E-state index is 9.27. The van der Waals surface area contributed by atoms with E-state index in [0.29, 0.717) is 0 Å². The van der Waals surface area contributed by atoms with Crippen LogP contribution in [-0.4, -0.2) is 57.7 Å². The number of rotatable bonds is 3. The van der Waals surface area contributed by atoms with Gasteiger partial charge in [0.05, 0.1) is 12.6 Å². The first-order chi connectivity index (χ1) is 6.61. The van der Waals surface area contributed by atoms with Crippen molar-refractivity contribution >= 4 is 0 Å². The quantitative estimate of drug-likeness (QED) is 0.242. The van der Waals surface area contributed by atoms with Crippen molar-refractivity contribution in [1.29, 1.82) is 0 Å². The van der Waals surface area contributed by atoms with Gasteiger partial charge in [-0.15, -0.1) is 0 Å². The van der Waals surface area contributed by atoms with Crippen LogP contribution < -0.4 is 0 Å². The van der Waals surface area contributed by atoms with Gasteiger partial charge < -0.3 is 25.2 Å². The highest BCUT2D eigenvalue weighted by atomic mass is 16.6. The zero-order valence-corrected chi connectivity index (χ0v) is 7.13. The highest BCUT2D eigenvalue weighted by Gasteiger charge is 2.45. The largest absolute Gasteiger partial charge is 0.394 e. The van der Waals surface area contributed by atoms with E-state index in [0.717, 1.165) is 0 Å². The van der Waals surface area contributed by atoms with Crippen LogP contribution in [0.25, 0.3) is 10.4 Å². The fourth-order valence-corrected chi connectivity index (χ4v) is 1.30. The van der Waals surface area contributed by atoms with Crippen LogP contribution in [0.3, 0.4) is 0 Å². The van der Waals surface area contributed by atoms with Gasteiger partial charge in [0, 0.05) is 4.91 Å². The topological polar surface area (TPSA) is 139 Å². The van der Waals surface area contributed by atoms with Gasteiger partial charge in [-0.25, -0.2) is 0 Å². The lowest BCUT2D eigenvalue weighted by molar-refractivity contribution is -0.149. The average Bonchev–Trinajstić information content (AvgIpc) is 2.45. The molecule has 0 bridgehead atoms. The molecule has 14 heavy (non-hydrogen) atoms. The molecule has 0 aromatic heterocycles. The van der Waals surface area contributed by atoms with Crippen molar-refractivity contribution in [2.45, 2.75) is 30.6 Å².